The second-order valence-electron chi connectivity index (χ2n) is 7.26. The molecule has 1 saturated heterocycles. The number of amidine groups is 1. The average molecular weight is 415 g/mol. The van der Waals surface area contributed by atoms with Crippen molar-refractivity contribution >= 4 is 23.3 Å². The van der Waals surface area contributed by atoms with E-state index in [9.17, 15) is 14.9 Å². The monoisotopic (exact) mass is 415 g/mol. The zero-order chi connectivity index (χ0) is 21.6. The maximum atomic E-state index is 12.7. The number of ether oxygens (including phenoxy) is 1. The van der Waals surface area contributed by atoms with Crippen molar-refractivity contribution in [1.82, 2.24) is 4.90 Å². The van der Waals surface area contributed by atoms with Gasteiger partial charge in [0, 0.05) is 18.6 Å². The number of carbonyl (C=O) groups is 1. The summed E-state index contributed by atoms with van der Waals surface area (Å²) in [6, 6.07) is 25.4. The van der Waals surface area contributed by atoms with Crippen LogP contribution in [0.1, 0.15) is 11.1 Å². The van der Waals surface area contributed by atoms with Crippen molar-refractivity contribution in [2.24, 2.45) is 4.99 Å². The number of nitro benzene ring substituents is 1. The third kappa shape index (κ3) is 4.95. The maximum Gasteiger partial charge on any atom is 0.415 e. The first-order valence-electron chi connectivity index (χ1n) is 9.96. The van der Waals surface area contributed by atoms with Gasteiger partial charge in [-0.1, -0.05) is 66.7 Å². The van der Waals surface area contributed by atoms with E-state index in [1.807, 2.05) is 60.7 Å². The largest absolute Gasteiger partial charge is 0.447 e. The first-order valence-corrected chi connectivity index (χ1v) is 9.96. The second kappa shape index (κ2) is 9.21. The molecule has 0 N–H and O–H groups in total. The lowest BCUT2D eigenvalue weighted by atomic mass is 10.0. The van der Waals surface area contributed by atoms with E-state index in [0.29, 0.717) is 24.4 Å². The summed E-state index contributed by atoms with van der Waals surface area (Å²) in [5, 5.41) is 11.2. The van der Waals surface area contributed by atoms with Crippen molar-refractivity contribution < 1.29 is 14.5 Å². The molecule has 0 aliphatic carbocycles. The zero-order valence-corrected chi connectivity index (χ0v) is 16.8. The third-order valence-electron chi connectivity index (χ3n) is 5.06. The number of hydrogen-bond acceptors (Lipinski definition) is 5. The number of nitrogens with zero attached hydrogens (tertiary/aromatic N) is 3. The van der Waals surface area contributed by atoms with Crippen LogP contribution in [0.2, 0.25) is 0 Å². The van der Waals surface area contributed by atoms with Gasteiger partial charge in [0.05, 0.1) is 16.7 Å². The van der Waals surface area contributed by atoms with Gasteiger partial charge in [-0.3, -0.25) is 15.0 Å². The van der Waals surface area contributed by atoms with Crippen LogP contribution in [0.15, 0.2) is 89.9 Å². The van der Waals surface area contributed by atoms with Crippen LogP contribution in [0.4, 0.5) is 16.2 Å². The van der Waals surface area contributed by atoms with Crippen LogP contribution < -0.4 is 0 Å². The number of nitro groups is 1. The summed E-state index contributed by atoms with van der Waals surface area (Å²) in [5.74, 6) is 0.495. The predicted molar refractivity (Wildman–Crippen MR) is 117 cm³/mol. The Morgan fingerprint density at radius 3 is 2.35 bits per heavy atom. The van der Waals surface area contributed by atoms with Crippen molar-refractivity contribution in [3.8, 4) is 0 Å². The van der Waals surface area contributed by atoms with Crippen LogP contribution in [0, 0.1) is 10.1 Å². The Bertz CT molecular complexity index is 1100. The Morgan fingerprint density at radius 1 is 1.00 bits per heavy atom. The highest BCUT2D eigenvalue weighted by Crippen LogP contribution is 2.24. The molecule has 1 atom stereocenters. The van der Waals surface area contributed by atoms with Gasteiger partial charge in [0.2, 0.25) is 0 Å². The quantitative estimate of drug-likeness (QED) is 0.247. The minimum atomic E-state index is -0.460. The molecule has 4 rings (SSSR count). The fourth-order valence-electron chi connectivity index (χ4n) is 3.60. The van der Waals surface area contributed by atoms with E-state index in [2.05, 4.69) is 4.99 Å². The molecule has 1 aliphatic heterocycles. The number of amides is 1. The number of non-ortho nitro benzene ring substituents is 1. The van der Waals surface area contributed by atoms with Crippen LogP contribution in [-0.4, -0.2) is 34.4 Å². The molecule has 0 saturated carbocycles. The lowest BCUT2D eigenvalue weighted by molar-refractivity contribution is -0.384. The smallest absolute Gasteiger partial charge is 0.415 e. The third-order valence-corrected chi connectivity index (χ3v) is 5.06. The molecule has 1 aliphatic rings. The Morgan fingerprint density at radius 2 is 1.68 bits per heavy atom. The summed E-state index contributed by atoms with van der Waals surface area (Å²) in [5.41, 5.74) is 2.43. The predicted octanol–water partition coefficient (Wildman–Crippen LogP) is 4.93. The molecule has 1 fully saturated rings. The first kappa shape index (κ1) is 20.3. The molecule has 1 heterocycles. The Kier molecular flexibility index (Phi) is 6.03. The lowest BCUT2D eigenvalue weighted by Gasteiger charge is -2.23. The van der Waals surface area contributed by atoms with Crippen LogP contribution in [0.5, 0.6) is 0 Å². The van der Waals surface area contributed by atoms with Crippen molar-refractivity contribution in [1.29, 1.82) is 0 Å². The summed E-state index contributed by atoms with van der Waals surface area (Å²) in [6.07, 6.45) is 0.556. The Balaban J connectivity index is 1.71. The highest BCUT2D eigenvalue weighted by atomic mass is 16.6. The van der Waals surface area contributed by atoms with E-state index >= 15 is 0 Å². The van der Waals surface area contributed by atoms with E-state index < -0.39 is 11.0 Å². The molecule has 0 aromatic heterocycles. The fourth-order valence-corrected chi connectivity index (χ4v) is 3.60. The van der Waals surface area contributed by atoms with E-state index in [1.54, 1.807) is 17.0 Å². The molecule has 7 nitrogen and oxygen atoms in total. The van der Waals surface area contributed by atoms with Gasteiger partial charge in [0.15, 0.2) is 0 Å². The van der Waals surface area contributed by atoms with E-state index in [1.165, 1.54) is 12.1 Å². The van der Waals surface area contributed by atoms with Crippen molar-refractivity contribution in [2.45, 2.75) is 18.9 Å². The standard InChI is InChI=1S/C24H21N3O4/c28-24-26(22(17-31-24)14-18-8-3-1-4-9-18)23(15-19-10-5-2-6-11-19)25-20-12-7-13-21(16-20)27(29)30/h1-13,16,22H,14-15,17H2/t22-/m0/s1. The lowest BCUT2D eigenvalue weighted by Crippen LogP contribution is -2.41. The van der Waals surface area contributed by atoms with Crippen molar-refractivity contribution in [2.75, 3.05) is 6.61 Å². The number of benzene rings is 3. The van der Waals surface area contributed by atoms with E-state index in [-0.39, 0.29) is 18.3 Å². The average Bonchev–Trinajstić information content (AvgIpc) is 3.14. The molecule has 7 heteroatoms. The number of rotatable bonds is 6. The first-order chi connectivity index (χ1) is 15.1. The van der Waals surface area contributed by atoms with Crippen molar-refractivity contribution in [3.05, 3.63) is 106 Å². The van der Waals surface area contributed by atoms with Gasteiger partial charge in [0.1, 0.15) is 12.4 Å². The van der Waals surface area contributed by atoms with Gasteiger partial charge in [-0.25, -0.2) is 9.79 Å². The molecule has 0 unspecified atom stereocenters. The molecule has 1 amide bonds. The molecule has 3 aromatic rings. The van der Waals surface area contributed by atoms with E-state index in [0.717, 1.165) is 11.1 Å². The maximum absolute atomic E-state index is 12.7. The topological polar surface area (TPSA) is 85.0 Å². The number of cyclic esters (lactones) is 1. The van der Waals surface area contributed by atoms with Gasteiger partial charge in [0.25, 0.3) is 5.69 Å². The highest BCUT2D eigenvalue weighted by molar-refractivity contribution is 5.99. The van der Waals surface area contributed by atoms with Crippen LogP contribution in [0.25, 0.3) is 0 Å². The number of hydrogen-bond donors (Lipinski definition) is 0. The molecular formula is C24H21N3O4. The SMILES string of the molecule is O=C1OC[C@H](Cc2ccccc2)N1C(Cc1ccccc1)=Nc1cccc([N+](=O)[O-])c1. The van der Waals surface area contributed by atoms with E-state index in [4.69, 9.17) is 4.74 Å². The molecule has 0 radical (unpaired) electrons. The summed E-state index contributed by atoms with van der Waals surface area (Å²) in [6.45, 7) is 0.260. The molecule has 31 heavy (non-hydrogen) atoms. The summed E-state index contributed by atoms with van der Waals surface area (Å²) in [4.78, 5) is 29.6. The number of carbonyl (C=O) groups excluding carboxylic acids is 1. The summed E-state index contributed by atoms with van der Waals surface area (Å²) >= 11 is 0. The van der Waals surface area contributed by atoms with Crippen LogP contribution >= 0.6 is 0 Å². The highest BCUT2D eigenvalue weighted by Gasteiger charge is 2.36. The molecule has 0 bridgehead atoms. The van der Waals surface area contributed by atoms with Gasteiger partial charge >= 0.3 is 6.09 Å². The minimum Gasteiger partial charge on any atom is -0.447 e. The molecule has 0 spiro atoms. The fraction of sp³-hybridized carbons (Fsp3) is 0.167. The summed E-state index contributed by atoms with van der Waals surface area (Å²) < 4.78 is 5.37. The molecular weight excluding hydrogens is 394 g/mol. The van der Waals surface area contributed by atoms with Crippen LogP contribution in [-0.2, 0) is 17.6 Å². The second-order valence-corrected chi connectivity index (χ2v) is 7.26. The normalized spacial score (nSPS) is 16.3. The molecule has 3 aromatic carbocycles. The Hall–Kier alpha value is -4.00. The van der Waals surface area contributed by atoms with Crippen LogP contribution in [0.3, 0.4) is 0 Å². The zero-order valence-electron chi connectivity index (χ0n) is 16.8. The number of aliphatic imine (C=N–C) groups is 1. The summed E-state index contributed by atoms with van der Waals surface area (Å²) in [7, 11) is 0. The van der Waals surface area contributed by atoms with Crippen molar-refractivity contribution in [3.63, 3.8) is 0 Å². The Labute approximate surface area is 179 Å². The van der Waals surface area contributed by atoms with Gasteiger partial charge in [-0.2, -0.15) is 0 Å². The minimum absolute atomic E-state index is 0.0508. The van der Waals surface area contributed by atoms with Gasteiger partial charge < -0.3 is 4.74 Å². The van der Waals surface area contributed by atoms with Gasteiger partial charge in [-0.15, -0.1) is 0 Å². The van der Waals surface area contributed by atoms with Gasteiger partial charge in [-0.05, 0) is 23.6 Å². The molecule has 156 valence electrons.